The van der Waals surface area contributed by atoms with Gasteiger partial charge in [-0.15, -0.1) is 0 Å². The van der Waals surface area contributed by atoms with Crippen LogP contribution in [0.5, 0.6) is 11.5 Å². The molecule has 0 spiro atoms. The first-order valence-electron chi connectivity index (χ1n) is 8.97. The highest BCUT2D eigenvalue weighted by atomic mass is 19.4. The van der Waals surface area contributed by atoms with Gasteiger partial charge in [-0.2, -0.15) is 13.2 Å². The molecule has 1 amide bonds. The Kier molecular flexibility index (Phi) is 7.97. The lowest BCUT2D eigenvalue weighted by molar-refractivity contribution is -0.153. The lowest BCUT2D eigenvalue weighted by Crippen LogP contribution is -2.31. The van der Waals surface area contributed by atoms with Crippen LogP contribution in [0.3, 0.4) is 0 Å². The summed E-state index contributed by atoms with van der Waals surface area (Å²) in [5.41, 5.74) is 4.90. The van der Waals surface area contributed by atoms with Crippen molar-refractivity contribution in [1.82, 2.24) is 5.32 Å². The van der Waals surface area contributed by atoms with Gasteiger partial charge in [-0.3, -0.25) is 10.2 Å². The van der Waals surface area contributed by atoms with Crippen LogP contribution in [-0.2, 0) is 16.1 Å². The standard InChI is InChI=1S/C20H20F5N3O4/c1-30-12-6-13(21)16(14(22)7-12)17(31-2)19(29)28-8-11-4-3-10(18(26)27)5-15(11)32-9-20(23,24)25/h3-7,17H,8-9H2,1-2H3,(H3,26,27)(H,28,29). The summed E-state index contributed by atoms with van der Waals surface area (Å²) in [7, 11) is 2.27. The van der Waals surface area contributed by atoms with Gasteiger partial charge in [0.15, 0.2) is 12.7 Å². The van der Waals surface area contributed by atoms with Gasteiger partial charge in [-0.1, -0.05) is 12.1 Å². The zero-order valence-electron chi connectivity index (χ0n) is 17.0. The first-order chi connectivity index (χ1) is 15.0. The Morgan fingerprint density at radius 3 is 2.28 bits per heavy atom. The van der Waals surface area contributed by atoms with Crippen molar-refractivity contribution in [1.29, 1.82) is 5.41 Å². The Bertz CT molecular complexity index is 975. The Hall–Kier alpha value is -3.41. The van der Waals surface area contributed by atoms with Gasteiger partial charge in [-0.25, -0.2) is 8.78 Å². The summed E-state index contributed by atoms with van der Waals surface area (Å²) in [6, 6.07) is 5.52. The van der Waals surface area contributed by atoms with E-state index >= 15 is 0 Å². The summed E-state index contributed by atoms with van der Waals surface area (Å²) in [6.07, 6.45) is -6.31. The first kappa shape index (κ1) is 24.9. The number of methoxy groups -OCH3 is 2. The number of nitrogens with one attached hydrogen (secondary N) is 2. The van der Waals surface area contributed by atoms with Gasteiger partial charge in [0.25, 0.3) is 5.91 Å². The van der Waals surface area contributed by atoms with E-state index in [9.17, 15) is 26.7 Å². The maximum atomic E-state index is 14.3. The molecule has 0 aromatic heterocycles. The SMILES string of the molecule is COc1cc(F)c(C(OC)C(=O)NCc2ccc(C(=N)N)cc2OCC(F)(F)F)c(F)c1. The molecule has 32 heavy (non-hydrogen) atoms. The van der Waals surface area contributed by atoms with E-state index in [4.69, 9.17) is 25.4 Å². The topological polar surface area (TPSA) is 107 Å². The number of nitrogen functional groups attached to an aromatic ring is 1. The molecule has 0 aliphatic carbocycles. The van der Waals surface area contributed by atoms with Gasteiger partial charge in [0, 0.05) is 36.9 Å². The lowest BCUT2D eigenvalue weighted by atomic mass is 10.1. The van der Waals surface area contributed by atoms with Crippen LogP contribution in [0.25, 0.3) is 0 Å². The fourth-order valence-electron chi connectivity index (χ4n) is 2.72. The van der Waals surface area contributed by atoms with Crippen molar-refractivity contribution < 1.29 is 41.0 Å². The average molecular weight is 461 g/mol. The minimum Gasteiger partial charge on any atom is -0.497 e. The summed E-state index contributed by atoms with van der Waals surface area (Å²) in [4.78, 5) is 12.5. The van der Waals surface area contributed by atoms with E-state index in [0.29, 0.717) is 0 Å². The second kappa shape index (κ2) is 10.3. The van der Waals surface area contributed by atoms with Crippen molar-refractivity contribution in [2.24, 2.45) is 5.73 Å². The van der Waals surface area contributed by atoms with Gasteiger partial charge in [0.1, 0.15) is 29.0 Å². The molecule has 2 rings (SSSR count). The van der Waals surface area contributed by atoms with Crippen LogP contribution in [0.1, 0.15) is 22.8 Å². The number of rotatable bonds is 9. The molecule has 7 nitrogen and oxygen atoms in total. The number of alkyl halides is 3. The van der Waals surface area contributed by atoms with Crippen molar-refractivity contribution >= 4 is 11.7 Å². The fourth-order valence-corrected chi connectivity index (χ4v) is 2.72. The smallest absolute Gasteiger partial charge is 0.422 e. The van der Waals surface area contributed by atoms with Crippen LogP contribution in [0, 0.1) is 17.0 Å². The monoisotopic (exact) mass is 461 g/mol. The maximum Gasteiger partial charge on any atom is 0.422 e. The Balaban J connectivity index is 2.24. The third-order valence-electron chi connectivity index (χ3n) is 4.25. The molecular formula is C20H20F5N3O4. The number of carbonyl (C=O) groups excluding carboxylic acids is 1. The Morgan fingerprint density at radius 2 is 1.78 bits per heavy atom. The summed E-state index contributed by atoms with van der Waals surface area (Å²) in [5.74, 6) is -3.88. The summed E-state index contributed by atoms with van der Waals surface area (Å²) in [6.45, 7) is -1.97. The van der Waals surface area contributed by atoms with E-state index in [1.54, 1.807) is 0 Å². The van der Waals surface area contributed by atoms with Gasteiger partial charge in [0.2, 0.25) is 0 Å². The molecule has 0 aliphatic heterocycles. The number of nitrogens with two attached hydrogens (primary N) is 1. The zero-order valence-corrected chi connectivity index (χ0v) is 17.0. The maximum absolute atomic E-state index is 14.3. The van der Waals surface area contributed by atoms with Crippen LogP contribution in [-0.4, -0.2) is 38.7 Å². The summed E-state index contributed by atoms with van der Waals surface area (Å²) in [5, 5.41) is 9.75. The van der Waals surface area contributed by atoms with Gasteiger partial charge >= 0.3 is 6.18 Å². The van der Waals surface area contributed by atoms with Gasteiger partial charge < -0.3 is 25.3 Å². The van der Waals surface area contributed by atoms with E-state index in [-0.39, 0.29) is 29.2 Å². The van der Waals surface area contributed by atoms with Crippen LogP contribution >= 0.6 is 0 Å². The minimum atomic E-state index is -4.63. The van der Waals surface area contributed by atoms with Crippen LogP contribution in [0.4, 0.5) is 22.0 Å². The molecule has 1 unspecified atom stereocenters. The molecule has 0 saturated carbocycles. The van der Waals surface area contributed by atoms with Crippen molar-refractivity contribution in [3.05, 3.63) is 58.7 Å². The molecule has 2 aromatic rings. The summed E-state index contributed by atoms with van der Waals surface area (Å²) >= 11 is 0. The number of benzene rings is 2. The molecular weight excluding hydrogens is 441 g/mol. The molecule has 0 fully saturated rings. The Morgan fingerprint density at radius 1 is 1.16 bits per heavy atom. The highest BCUT2D eigenvalue weighted by Gasteiger charge is 2.30. The third-order valence-corrected chi connectivity index (χ3v) is 4.25. The van der Waals surface area contributed by atoms with E-state index in [0.717, 1.165) is 25.3 Å². The van der Waals surface area contributed by atoms with Crippen molar-refractivity contribution in [2.75, 3.05) is 20.8 Å². The van der Waals surface area contributed by atoms with E-state index in [1.807, 2.05) is 0 Å². The molecule has 1 atom stereocenters. The molecule has 0 aliphatic rings. The van der Waals surface area contributed by atoms with E-state index in [2.05, 4.69) is 5.32 Å². The predicted molar refractivity (Wildman–Crippen MR) is 104 cm³/mol. The minimum absolute atomic E-state index is 0.101. The highest BCUT2D eigenvalue weighted by molar-refractivity contribution is 5.95. The second-order valence-corrected chi connectivity index (χ2v) is 6.48. The average Bonchev–Trinajstić information content (AvgIpc) is 2.72. The molecule has 12 heteroatoms. The number of hydrogen-bond donors (Lipinski definition) is 3. The summed E-state index contributed by atoms with van der Waals surface area (Å²) < 4.78 is 80.8. The van der Waals surface area contributed by atoms with Gasteiger partial charge in [0.05, 0.1) is 12.7 Å². The quantitative estimate of drug-likeness (QED) is 0.302. The van der Waals surface area contributed by atoms with E-state index in [1.165, 1.54) is 19.2 Å². The van der Waals surface area contributed by atoms with Crippen molar-refractivity contribution in [3.63, 3.8) is 0 Å². The number of halogens is 5. The molecule has 0 bridgehead atoms. The number of hydrogen-bond acceptors (Lipinski definition) is 5. The molecule has 4 N–H and O–H groups in total. The van der Waals surface area contributed by atoms with Crippen molar-refractivity contribution in [3.8, 4) is 11.5 Å². The first-order valence-corrected chi connectivity index (χ1v) is 8.97. The van der Waals surface area contributed by atoms with Crippen molar-refractivity contribution in [2.45, 2.75) is 18.8 Å². The molecule has 0 radical (unpaired) electrons. The molecule has 2 aromatic carbocycles. The number of amides is 1. The normalized spacial score (nSPS) is 12.2. The second-order valence-electron chi connectivity index (χ2n) is 6.48. The fraction of sp³-hybridized carbons (Fsp3) is 0.300. The van der Waals surface area contributed by atoms with Crippen LogP contribution in [0.15, 0.2) is 30.3 Å². The largest absolute Gasteiger partial charge is 0.497 e. The molecule has 0 heterocycles. The van der Waals surface area contributed by atoms with E-state index < -0.39 is 47.8 Å². The van der Waals surface area contributed by atoms with Gasteiger partial charge in [-0.05, 0) is 6.07 Å². The number of carbonyl (C=O) groups is 1. The number of ether oxygens (including phenoxy) is 3. The molecule has 0 saturated heterocycles. The lowest BCUT2D eigenvalue weighted by Gasteiger charge is -2.19. The zero-order chi connectivity index (χ0) is 24.1. The Labute approximate surface area is 179 Å². The number of amidine groups is 1. The third kappa shape index (κ3) is 6.30. The highest BCUT2D eigenvalue weighted by Crippen LogP contribution is 2.28. The van der Waals surface area contributed by atoms with Crippen LogP contribution < -0.4 is 20.5 Å². The molecule has 174 valence electrons. The predicted octanol–water partition coefficient (Wildman–Crippen LogP) is 3.20. The van der Waals surface area contributed by atoms with Crippen LogP contribution in [0.2, 0.25) is 0 Å².